The number of aromatic carboxylic acids is 1. The second-order valence-corrected chi connectivity index (χ2v) is 4.17. The van der Waals surface area contributed by atoms with Gasteiger partial charge in [0.15, 0.2) is 5.75 Å². The minimum absolute atomic E-state index is 0.170. The third-order valence-electron chi connectivity index (χ3n) is 2.74. The zero-order valence-corrected chi connectivity index (χ0v) is 10.5. The molecule has 1 N–H and O–H groups in total. The van der Waals surface area contributed by atoms with Crippen LogP contribution in [0, 0.1) is 0 Å². The largest absolute Gasteiger partial charge is 0.478 e. The Bertz CT molecular complexity index is 797. The highest BCUT2D eigenvalue weighted by molar-refractivity contribution is 5.94. The Kier molecular flexibility index (Phi) is 2.79. The molecule has 0 spiro atoms. The average Bonchev–Trinajstić information content (AvgIpc) is 2.84. The fraction of sp³-hybridized carbons (Fsp3) is 0.0769. The molecule has 20 heavy (non-hydrogen) atoms. The van der Waals surface area contributed by atoms with E-state index in [2.05, 4.69) is 15.1 Å². The second-order valence-electron chi connectivity index (χ2n) is 4.17. The number of hydrogen-bond donors (Lipinski definition) is 1. The van der Waals surface area contributed by atoms with Crippen LogP contribution in [0.3, 0.4) is 0 Å². The van der Waals surface area contributed by atoms with E-state index in [4.69, 9.17) is 9.84 Å². The molecule has 0 radical (unpaired) electrons. The Morgan fingerprint density at radius 3 is 2.90 bits per heavy atom. The van der Waals surface area contributed by atoms with Gasteiger partial charge in [0.05, 0.1) is 28.9 Å². The SMILES string of the molecule is Cn1cc(Oc2ncnc3cc(C(=O)O)ccc23)cn1. The summed E-state index contributed by atoms with van der Waals surface area (Å²) in [5.41, 5.74) is 0.683. The smallest absolute Gasteiger partial charge is 0.335 e. The molecule has 0 amide bonds. The summed E-state index contributed by atoms with van der Waals surface area (Å²) < 4.78 is 7.24. The molecule has 1 aromatic carbocycles. The van der Waals surface area contributed by atoms with Crippen LogP contribution in [0.5, 0.6) is 11.6 Å². The fourth-order valence-electron chi connectivity index (χ4n) is 1.81. The highest BCUT2D eigenvalue weighted by Gasteiger charge is 2.10. The molecule has 3 aromatic rings. The Morgan fingerprint density at radius 2 is 2.20 bits per heavy atom. The van der Waals surface area contributed by atoms with Gasteiger partial charge in [-0.05, 0) is 18.2 Å². The van der Waals surface area contributed by atoms with E-state index in [-0.39, 0.29) is 5.56 Å². The van der Waals surface area contributed by atoms with Crippen LogP contribution in [0.4, 0.5) is 0 Å². The topological polar surface area (TPSA) is 90.1 Å². The van der Waals surface area contributed by atoms with Crippen molar-refractivity contribution in [3.8, 4) is 11.6 Å². The molecule has 7 heteroatoms. The highest BCUT2D eigenvalue weighted by atomic mass is 16.5. The zero-order valence-electron chi connectivity index (χ0n) is 10.5. The van der Waals surface area contributed by atoms with E-state index in [1.807, 2.05) is 0 Å². The molecule has 2 heterocycles. The van der Waals surface area contributed by atoms with E-state index in [1.165, 1.54) is 18.5 Å². The number of nitrogens with zero attached hydrogens (tertiary/aromatic N) is 4. The first kappa shape index (κ1) is 12.1. The number of carboxylic acid groups (broad SMARTS) is 1. The van der Waals surface area contributed by atoms with Gasteiger partial charge in [-0.1, -0.05) is 0 Å². The van der Waals surface area contributed by atoms with E-state index >= 15 is 0 Å². The van der Waals surface area contributed by atoms with Gasteiger partial charge in [-0.2, -0.15) is 5.10 Å². The normalized spacial score (nSPS) is 10.7. The van der Waals surface area contributed by atoms with Gasteiger partial charge in [0.25, 0.3) is 0 Å². The van der Waals surface area contributed by atoms with Crippen LogP contribution in [0.1, 0.15) is 10.4 Å². The van der Waals surface area contributed by atoms with Crippen LogP contribution < -0.4 is 4.74 Å². The molecule has 100 valence electrons. The quantitative estimate of drug-likeness (QED) is 0.781. The molecule has 0 saturated carbocycles. The number of aromatic nitrogens is 4. The Labute approximate surface area is 113 Å². The van der Waals surface area contributed by atoms with Crippen molar-refractivity contribution in [2.24, 2.45) is 7.05 Å². The minimum Gasteiger partial charge on any atom is -0.478 e. The fourth-order valence-corrected chi connectivity index (χ4v) is 1.81. The maximum atomic E-state index is 10.9. The summed E-state index contributed by atoms with van der Waals surface area (Å²) in [5, 5.41) is 13.6. The highest BCUT2D eigenvalue weighted by Crippen LogP contribution is 2.26. The lowest BCUT2D eigenvalue weighted by atomic mass is 10.1. The first-order valence-corrected chi connectivity index (χ1v) is 5.78. The molecular weight excluding hydrogens is 260 g/mol. The zero-order chi connectivity index (χ0) is 14.1. The average molecular weight is 270 g/mol. The van der Waals surface area contributed by atoms with Gasteiger partial charge in [0.1, 0.15) is 6.33 Å². The number of fused-ring (bicyclic) bond motifs is 1. The number of ether oxygens (including phenoxy) is 1. The first-order valence-electron chi connectivity index (χ1n) is 5.78. The lowest BCUT2D eigenvalue weighted by Gasteiger charge is -2.05. The molecule has 3 rings (SSSR count). The Hall–Kier alpha value is -2.96. The third-order valence-corrected chi connectivity index (χ3v) is 2.74. The van der Waals surface area contributed by atoms with E-state index in [0.29, 0.717) is 22.5 Å². The monoisotopic (exact) mass is 270 g/mol. The van der Waals surface area contributed by atoms with Crippen molar-refractivity contribution in [1.82, 2.24) is 19.7 Å². The molecule has 0 aliphatic rings. The summed E-state index contributed by atoms with van der Waals surface area (Å²) in [6.07, 6.45) is 4.61. The molecule has 0 bridgehead atoms. The molecule has 0 aliphatic carbocycles. The van der Waals surface area contributed by atoms with E-state index < -0.39 is 5.97 Å². The van der Waals surface area contributed by atoms with Crippen molar-refractivity contribution in [3.63, 3.8) is 0 Å². The molecular formula is C13H10N4O3. The first-order chi connectivity index (χ1) is 9.63. The van der Waals surface area contributed by atoms with Gasteiger partial charge in [-0.25, -0.2) is 14.8 Å². The number of carbonyl (C=O) groups is 1. The summed E-state index contributed by atoms with van der Waals surface area (Å²) in [7, 11) is 1.78. The second kappa shape index (κ2) is 4.61. The van der Waals surface area contributed by atoms with Crippen molar-refractivity contribution in [2.45, 2.75) is 0 Å². The van der Waals surface area contributed by atoms with Gasteiger partial charge >= 0.3 is 5.97 Å². The van der Waals surface area contributed by atoms with Crippen molar-refractivity contribution >= 4 is 16.9 Å². The predicted molar refractivity (Wildman–Crippen MR) is 69.8 cm³/mol. The maximum Gasteiger partial charge on any atom is 0.335 e. The predicted octanol–water partition coefficient (Wildman–Crippen LogP) is 1.85. The van der Waals surface area contributed by atoms with E-state index in [1.54, 1.807) is 30.2 Å². The number of benzene rings is 1. The van der Waals surface area contributed by atoms with Crippen molar-refractivity contribution < 1.29 is 14.6 Å². The Balaban J connectivity index is 2.05. The van der Waals surface area contributed by atoms with Crippen LogP contribution in [-0.2, 0) is 7.05 Å². The van der Waals surface area contributed by atoms with Crippen LogP contribution in [0.25, 0.3) is 10.9 Å². The van der Waals surface area contributed by atoms with Gasteiger partial charge in [0.2, 0.25) is 5.88 Å². The van der Waals surface area contributed by atoms with Crippen LogP contribution in [0.15, 0.2) is 36.9 Å². The van der Waals surface area contributed by atoms with Gasteiger partial charge in [-0.3, -0.25) is 4.68 Å². The van der Waals surface area contributed by atoms with Gasteiger partial charge < -0.3 is 9.84 Å². The van der Waals surface area contributed by atoms with E-state index in [0.717, 1.165) is 0 Å². The van der Waals surface area contributed by atoms with Gasteiger partial charge in [0, 0.05) is 7.05 Å². The summed E-state index contributed by atoms with van der Waals surface area (Å²) in [4.78, 5) is 19.1. The van der Waals surface area contributed by atoms with Crippen molar-refractivity contribution in [3.05, 3.63) is 42.5 Å². The van der Waals surface area contributed by atoms with Crippen LogP contribution >= 0.6 is 0 Å². The van der Waals surface area contributed by atoms with E-state index in [9.17, 15) is 4.79 Å². The maximum absolute atomic E-state index is 10.9. The lowest BCUT2D eigenvalue weighted by Crippen LogP contribution is -1.97. The molecule has 2 aromatic heterocycles. The molecule has 7 nitrogen and oxygen atoms in total. The van der Waals surface area contributed by atoms with Crippen LogP contribution in [-0.4, -0.2) is 30.8 Å². The number of carboxylic acids is 1. The summed E-state index contributed by atoms with van der Waals surface area (Å²) in [6.45, 7) is 0. The number of aryl methyl sites for hydroxylation is 1. The van der Waals surface area contributed by atoms with Crippen molar-refractivity contribution in [1.29, 1.82) is 0 Å². The molecule has 0 saturated heterocycles. The van der Waals surface area contributed by atoms with Crippen molar-refractivity contribution in [2.75, 3.05) is 0 Å². The number of hydrogen-bond acceptors (Lipinski definition) is 5. The third kappa shape index (κ3) is 2.16. The molecule has 0 aliphatic heterocycles. The molecule has 0 unspecified atom stereocenters. The number of rotatable bonds is 3. The summed E-state index contributed by atoms with van der Waals surface area (Å²) in [6, 6.07) is 4.60. The lowest BCUT2D eigenvalue weighted by molar-refractivity contribution is 0.0697. The minimum atomic E-state index is -1.000. The van der Waals surface area contributed by atoms with Gasteiger partial charge in [-0.15, -0.1) is 0 Å². The van der Waals surface area contributed by atoms with Crippen LogP contribution in [0.2, 0.25) is 0 Å². The molecule has 0 fully saturated rings. The Morgan fingerprint density at radius 1 is 1.35 bits per heavy atom. The standard InChI is InChI=1S/C13H10N4O3/c1-17-6-9(5-16-17)20-12-10-3-2-8(13(18)19)4-11(10)14-7-15-12/h2-7H,1H3,(H,18,19). The molecule has 0 atom stereocenters. The summed E-state index contributed by atoms with van der Waals surface area (Å²) in [5.74, 6) is -0.0880. The summed E-state index contributed by atoms with van der Waals surface area (Å²) >= 11 is 0.